The van der Waals surface area contributed by atoms with Gasteiger partial charge in [0.1, 0.15) is 0 Å². The highest BCUT2D eigenvalue weighted by Gasteiger charge is 2.24. The lowest BCUT2D eigenvalue weighted by atomic mass is 10.0. The average Bonchev–Trinajstić information content (AvgIpc) is 3.06. The quantitative estimate of drug-likeness (QED) is 0.511. The summed E-state index contributed by atoms with van der Waals surface area (Å²) in [6.45, 7) is 3.94. The fourth-order valence-electron chi connectivity index (χ4n) is 2.89. The molecular formula is C20H18N4O2S. The number of esters is 1. The Hall–Kier alpha value is -2.93. The number of aromatic nitrogens is 3. The third-order valence-electron chi connectivity index (χ3n) is 4.22. The Morgan fingerprint density at radius 1 is 1.22 bits per heavy atom. The molecule has 7 heteroatoms. The first-order chi connectivity index (χ1) is 13.2. The zero-order valence-electron chi connectivity index (χ0n) is 15.0. The van der Waals surface area contributed by atoms with E-state index in [4.69, 9.17) is 4.74 Å². The number of benzene rings is 2. The monoisotopic (exact) mass is 378 g/mol. The minimum absolute atomic E-state index is 0.311. The van der Waals surface area contributed by atoms with Crippen molar-refractivity contribution in [2.45, 2.75) is 19.0 Å². The number of hydrogen-bond acceptors (Lipinski definition) is 6. The van der Waals surface area contributed by atoms with Crippen LogP contribution in [0.4, 0.5) is 0 Å². The number of nitrogens with zero attached hydrogens (tertiary/aromatic N) is 4. The van der Waals surface area contributed by atoms with Gasteiger partial charge >= 0.3 is 5.97 Å². The van der Waals surface area contributed by atoms with E-state index in [2.05, 4.69) is 33.5 Å². The highest BCUT2D eigenvalue weighted by molar-refractivity contribution is 7.99. The summed E-state index contributed by atoms with van der Waals surface area (Å²) in [5.41, 5.74) is 2.04. The summed E-state index contributed by atoms with van der Waals surface area (Å²) in [4.78, 5) is 12.6. The minimum Gasteiger partial charge on any atom is -0.462 e. The molecule has 0 unspecified atom stereocenters. The SMILES string of the molecule is CCOC(=O)/C(=C\c1ccc2ccccc2c1)C1=Nn2c(C)nnc2SC1. The first-order valence-corrected chi connectivity index (χ1v) is 9.65. The van der Waals surface area contributed by atoms with Crippen LogP contribution in [-0.2, 0) is 9.53 Å². The summed E-state index contributed by atoms with van der Waals surface area (Å²) in [5, 5.41) is 15.7. The van der Waals surface area contributed by atoms with Crippen molar-refractivity contribution in [1.82, 2.24) is 14.9 Å². The van der Waals surface area contributed by atoms with Crippen LogP contribution in [0, 0.1) is 6.92 Å². The molecule has 136 valence electrons. The lowest BCUT2D eigenvalue weighted by molar-refractivity contribution is -0.137. The molecule has 0 bridgehead atoms. The molecule has 4 rings (SSSR count). The first kappa shape index (κ1) is 17.5. The number of rotatable bonds is 4. The molecule has 0 saturated carbocycles. The standard InChI is InChI=1S/C20H18N4O2S/c1-3-26-19(25)17(18-12-27-20-22-21-13(2)24(20)23-18)11-14-8-9-15-6-4-5-7-16(15)10-14/h4-11H,3,12H2,1-2H3/b17-11-. The summed E-state index contributed by atoms with van der Waals surface area (Å²) in [5.74, 6) is 0.846. The van der Waals surface area contributed by atoms with Gasteiger partial charge in [-0.15, -0.1) is 10.2 Å². The molecule has 1 aliphatic heterocycles. The van der Waals surface area contributed by atoms with E-state index < -0.39 is 0 Å². The Labute approximate surface area is 160 Å². The topological polar surface area (TPSA) is 69.4 Å². The molecule has 0 amide bonds. The predicted molar refractivity (Wildman–Crippen MR) is 107 cm³/mol. The highest BCUT2D eigenvalue weighted by atomic mass is 32.2. The Bertz CT molecular complexity index is 1080. The van der Waals surface area contributed by atoms with Gasteiger partial charge in [0, 0.05) is 5.75 Å². The van der Waals surface area contributed by atoms with Crippen LogP contribution in [0.3, 0.4) is 0 Å². The largest absolute Gasteiger partial charge is 0.462 e. The number of fused-ring (bicyclic) bond motifs is 2. The van der Waals surface area contributed by atoms with Gasteiger partial charge in [-0.2, -0.15) is 9.78 Å². The molecular weight excluding hydrogens is 360 g/mol. The van der Waals surface area contributed by atoms with E-state index in [0.717, 1.165) is 21.5 Å². The summed E-state index contributed by atoms with van der Waals surface area (Å²) in [7, 11) is 0. The first-order valence-electron chi connectivity index (χ1n) is 8.66. The van der Waals surface area contributed by atoms with Crippen molar-refractivity contribution in [3.8, 4) is 0 Å². The normalized spacial score (nSPS) is 14.0. The van der Waals surface area contributed by atoms with Gasteiger partial charge in [0.2, 0.25) is 5.16 Å². The minimum atomic E-state index is -0.376. The van der Waals surface area contributed by atoms with Crippen molar-refractivity contribution in [3.63, 3.8) is 0 Å². The van der Waals surface area contributed by atoms with Crippen LogP contribution in [0.2, 0.25) is 0 Å². The van der Waals surface area contributed by atoms with Gasteiger partial charge in [-0.25, -0.2) is 4.79 Å². The van der Waals surface area contributed by atoms with Gasteiger partial charge in [0.25, 0.3) is 0 Å². The van der Waals surface area contributed by atoms with Crippen LogP contribution in [0.1, 0.15) is 18.3 Å². The van der Waals surface area contributed by atoms with E-state index in [0.29, 0.717) is 29.5 Å². The lowest BCUT2D eigenvalue weighted by Crippen LogP contribution is -2.21. The summed E-state index contributed by atoms with van der Waals surface area (Å²) < 4.78 is 6.94. The van der Waals surface area contributed by atoms with E-state index in [-0.39, 0.29) is 5.97 Å². The number of ether oxygens (including phenoxy) is 1. The maximum atomic E-state index is 12.6. The number of hydrogen-bond donors (Lipinski definition) is 0. The summed E-state index contributed by atoms with van der Waals surface area (Å²) >= 11 is 1.50. The van der Waals surface area contributed by atoms with Crippen molar-refractivity contribution in [2.75, 3.05) is 12.4 Å². The van der Waals surface area contributed by atoms with E-state index in [9.17, 15) is 4.79 Å². The number of carbonyl (C=O) groups is 1. The van der Waals surface area contributed by atoms with Gasteiger partial charge in [-0.05, 0) is 42.3 Å². The molecule has 0 aliphatic carbocycles. The Balaban J connectivity index is 1.79. The highest BCUT2D eigenvalue weighted by Crippen LogP contribution is 2.25. The molecule has 0 spiro atoms. The van der Waals surface area contributed by atoms with E-state index in [1.54, 1.807) is 11.6 Å². The maximum absolute atomic E-state index is 12.6. The number of thioether (sulfide) groups is 1. The second-order valence-corrected chi connectivity index (χ2v) is 7.00. The van der Waals surface area contributed by atoms with Crippen LogP contribution in [0.5, 0.6) is 0 Å². The zero-order valence-corrected chi connectivity index (χ0v) is 15.9. The molecule has 2 heterocycles. The van der Waals surface area contributed by atoms with Gasteiger partial charge in [0.05, 0.1) is 17.9 Å². The van der Waals surface area contributed by atoms with Crippen LogP contribution < -0.4 is 0 Å². The molecule has 1 aliphatic rings. The Morgan fingerprint density at radius 2 is 2.04 bits per heavy atom. The van der Waals surface area contributed by atoms with Gasteiger partial charge in [-0.3, -0.25) is 0 Å². The molecule has 27 heavy (non-hydrogen) atoms. The second-order valence-electron chi connectivity index (χ2n) is 6.06. The molecule has 3 aromatic rings. The Morgan fingerprint density at radius 3 is 2.85 bits per heavy atom. The molecule has 0 N–H and O–H groups in total. The number of carbonyl (C=O) groups excluding carboxylic acids is 1. The molecule has 0 fully saturated rings. The van der Waals surface area contributed by atoms with Crippen molar-refractivity contribution in [2.24, 2.45) is 5.10 Å². The molecule has 0 atom stereocenters. The third kappa shape index (κ3) is 3.50. The van der Waals surface area contributed by atoms with E-state index in [1.165, 1.54) is 11.8 Å². The predicted octanol–water partition coefficient (Wildman–Crippen LogP) is 3.70. The van der Waals surface area contributed by atoms with E-state index >= 15 is 0 Å². The maximum Gasteiger partial charge on any atom is 0.340 e. The fourth-order valence-corrected chi connectivity index (χ4v) is 3.76. The van der Waals surface area contributed by atoms with Gasteiger partial charge < -0.3 is 4.74 Å². The second kappa shape index (κ2) is 7.36. The van der Waals surface area contributed by atoms with Crippen molar-refractivity contribution < 1.29 is 9.53 Å². The van der Waals surface area contributed by atoms with Crippen LogP contribution >= 0.6 is 11.8 Å². The fraction of sp³-hybridized carbons (Fsp3) is 0.200. The number of aryl methyl sites for hydroxylation is 1. The molecule has 2 aromatic carbocycles. The van der Waals surface area contributed by atoms with Crippen molar-refractivity contribution in [1.29, 1.82) is 0 Å². The smallest absolute Gasteiger partial charge is 0.340 e. The molecule has 6 nitrogen and oxygen atoms in total. The van der Waals surface area contributed by atoms with E-state index in [1.807, 2.05) is 37.3 Å². The van der Waals surface area contributed by atoms with Crippen LogP contribution in [0.15, 0.2) is 58.3 Å². The molecule has 1 aromatic heterocycles. The van der Waals surface area contributed by atoms with Crippen LogP contribution in [0.25, 0.3) is 16.8 Å². The van der Waals surface area contributed by atoms with Gasteiger partial charge in [0.15, 0.2) is 5.82 Å². The molecule has 0 radical (unpaired) electrons. The van der Waals surface area contributed by atoms with Crippen molar-refractivity contribution >= 4 is 40.3 Å². The summed E-state index contributed by atoms with van der Waals surface area (Å²) in [6.07, 6.45) is 1.84. The van der Waals surface area contributed by atoms with Crippen molar-refractivity contribution in [3.05, 3.63) is 59.4 Å². The van der Waals surface area contributed by atoms with Gasteiger partial charge in [-0.1, -0.05) is 48.2 Å². The Kier molecular flexibility index (Phi) is 4.77. The zero-order chi connectivity index (χ0) is 18.8. The lowest BCUT2D eigenvalue weighted by Gasteiger charge is -2.15. The summed E-state index contributed by atoms with van der Waals surface area (Å²) in [6, 6.07) is 14.2. The molecule has 0 saturated heterocycles. The average molecular weight is 378 g/mol. The third-order valence-corrected chi connectivity index (χ3v) is 5.15. The van der Waals surface area contributed by atoms with Crippen LogP contribution in [-0.4, -0.2) is 38.9 Å².